The average molecular weight is 489 g/mol. The Morgan fingerprint density at radius 3 is 2.71 bits per heavy atom. The number of rotatable bonds is 6. The molecule has 1 fully saturated rings. The van der Waals surface area contributed by atoms with Crippen molar-refractivity contribution < 1.29 is 9.21 Å². The summed E-state index contributed by atoms with van der Waals surface area (Å²) in [7, 11) is 0. The van der Waals surface area contributed by atoms with Crippen molar-refractivity contribution in [3.8, 4) is 0 Å². The molecule has 9 heteroatoms. The van der Waals surface area contributed by atoms with Crippen LogP contribution < -0.4 is 10.9 Å². The quantitative estimate of drug-likeness (QED) is 0.314. The summed E-state index contributed by atoms with van der Waals surface area (Å²) >= 11 is 6.66. The summed E-state index contributed by atoms with van der Waals surface area (Å²) in [6.45, 7) is 2.63. The number of furan rings is 1. The van der Waals surface area contributed by atoms with Crippen molar-refractivity contribution in [3.05, 3.63) is 105 Å². The molecular weight excluding hydrogens is 468 g/mol. The van der Waals surface area contributed by atoms with E-state index in [1.807, 2.05) is 49.4 Å². The van der Waals surface area contributed by atoms with Crippen molar-refractivity contribution in [2.45, 2.75) is 20.0 Å². The molecule has 3 aromatic heterocycles. The Bertz CT molecular complexity index is 1480. The van der Waals surface area contributed by atoms with E-state index in [9.17, 15) is 9.59 Å². The van der Waals surface area contributed by atoms with Crippen LogP contribution >= 0.6 is 24.0 Å². The Morgan fingerprint density at radius 2 is 1.94 bits per heavy atom. The topological polar surface area (TPSA) is 79.8 Å². The molecule has 0 atom stereocenters. The number of pyridine rings is 1. The van der Waals surface area contributed by atoms with E-state index in [1.54, 1.807) is 35.6 Å². The molecular formula is C25H20N4O3S2. The van der Waals surface area contributed by atoms with Crippen LogP contribution in [0.5, 0.6) is 0 Å². The monoisotopic (exact) mass is 488 g/mol. The number of carbonyl (C=O) groups is 1. The Morgan fingerprint density at radius 1 is 1.12 bits per heavy atom. The van der Waals surface area contributed by atoms with Crippen molar-refractivity contribution in [1.29, 1.82) is 0 Å². The maximum absolute atomic E-state index is 13.5. The number of amides is 1. The van der Waals surface area contributed by atoms with Crippen LogP contribution in [0.25, 0.3) is 11.7 Å². The van der Waals surface area contributed by atoms with Crippen LogP contribution in [-0.4, -0.2) is 24.5 Å². The number of hydrogen-bond acceptors (Lipinski definition) is 7. The molecule has 5 rings (SSSR count). The van der Waals surface area contributed by atoms with Gasteiger partial charge in [-0.1, -0.05) is 60.4 Å². The third-order valence-electron chi connectivity index (χ3n) is 5.35. The van der Waals surface area contributed by atoms with Gasteiger partial charge in [0, 0.05) is 6.20 Å². The van der Waals surface area contributed by atoms with Crippen molar-refractivity contribution in [3.63, 3.8) is 0 Å². The first kappa shape index (κ1) is 22.1. The second-order valence-corrected chi connectivity index (χ2v) is 9.48. The van der Waals surface area contributed by atoms with E-state index in [1.165, 1.54) is 16.2 Å². The highest BCUT2D eigenvalue weighted by atomic mass is 32.2. The molecule has 0 bridgehead atoms. The molecule has 1 saturated heterocycles. The van der Waals surface area contributed by atoms with Crippen LogP contribution in [0.1, 0.15) is 22.5 Å². The normalized spacial score (nSPS) is 15.0. The Balaban J connectivity index is 1.54. The average Bonchev–Trinajstić information content (AvgIpc) is 3.45. The number of thioether (sulfide) groups is 1. The van der Waals surface area contributed by atoms with E-state index in [4.69, 9.17) is 16.6 Å². The summed E-state index contributed by atoms with van der Waals surface area (Å²) in [4.78, 5) is 33.2. The fourth-order valence-electron chi connectivity index (χ4n) is 3.64. The van der Waals surface area contributed by atoms with E-state index in [0.717, 1.165) is 11.1 Å². The van der Waals surface area contributed by atoms with Gasteiger partial charge in [0.25, 0.3) is 11.5 Å². The van der Waals surface area contributed by atoms with Gasteiger partial charge in [-0.2, -0.15) is 0 Å². The number of nitrogens with zero attached hydrogens (tertiary/aromatic N) is 3. The molecule has 1 aliphatic heterocycles. The predicted molar refractivity (Wildman–Crippen MR) is 137 cm³/mol. The van der Waals surface area contributed by atoms with Crippen molar-refractivity contribution >= 4 is 51.7 Å². The lowest BCUT2D eigenvalue weighted by atomic mass is 10.2. The molecule has 1 amide bonds. The van der Waals surface area contributed by atoms with Gasteiger partial charge in [0.1, 0.15) is 21.5 Å². The van der Waals surface area contributed by atoms with Gasteiger partial charge in [0.15, 0.2) is 0 Å². The molecule has 4 heterocycles. The van der Waals surface area contributed by atoms with E-state index >= 15 is 0 Å². The molecule has 170 valence electrons. The third-order valence-corrected chi connectivity index (χ3v) is 6.73. The maximum atomic E-state index is 13.5. The molecule has 0 radical (unpaired) electrons. The molecule has 0 saturated carbocycles. The highest BCUT2D eigenvalue weighted by molar-refractivity contribution is 8.26. The minimum Gasteiger partial charge on any atom is -0.467 e. The zero-order valence-corrected chi connectivity index (χ0v) is 19.9. The zero-order valence-electron chi connectivity index (χ0n) is 18.2. The maximum Gasteiger partial charge on any atom is 0.267 e. The molecule has 1 N–H and O–H groups in total. The first-order valence-electron chi connectivity index (χ1n) is 10.6. The number of nitrogens with one attached hydrogen (secondary N) is 1. The zero-order chi connectivity index (χ0) is 23.7. The summed E-state index contributed by atoms with van der Waals surface area (Å²) in [5.74, 6) is 0.842. The summed E-state index contributed by atoms with van der Waals surface area (Å²) in [6.07, 6.45) is 4.90. The number of aromatic nitrogens is 2. The van der Waals surface area contributed by atoms with Gasteiger partial charge in [0.2, 0.25) is 0 Å². The van der Waals surface area contributed by atoms with Gasteiger partial charge < -0.3 is 9.73 Å². The lowest BCUT2D eigenvalue weighted by Gasteiger charge is -2.14. The van der Waals surface area contributed by atoms with Gasteiger partial charge in [-0.3, -0.25) is 18.9 Å². The lowest BCUT2D eigenvalue weighted by Crippen LogP contribution is -2.27. The highest BCUT2D eigenvalue weighted by Crippen LogP contribution is 2.34. The summed E-state index contributed by atoms with van der Waals surface area (Å²) in [6, 6.07) is 17.0. The summed E-state index contributed by atoms with van der Waals surface area (Å²) < 4.78 is 7.34. The van der Waals surface area contributed by atoms with Gasteiger partial charge >= 0.3 is 0 Å². The second kappa shape index (κ2) is 9.28. The first-order valence-corrected chi connectivity index (χ1v) is 11.8. The van der Waals surface area contributed by atoms with Gasteiger partial charge in [-0.25, -0.2) is 4.98 Å². The van der Waals surface area contributed by atoms with Crippen molar-refractivity contribution in [2.75, 3.05) is 5.32 Å². The van der Waals surface area contributed by atoms with Gasteiger partial charge in [-0.05, 0) is 42.3 Å². The minimum atomic E-state index is -0.274. The fraction of sp³-hybridized carbons (Fsp3) is 0.120. The van der Waals surface area contributed by atoms with Gasteiger partial charge in [0.05, 0.1) is 29.8 Å². The van der Waals surface area contributed by atoms with E-state index in [2.05, 4.69) is 10.3 Å². The standard InChI is InChI=1S/C25H20N4O3S2/c1-16-9-10-21-27-22(26-13-18-8-5-11-32-18)19(23(30)28(21)14-16)12-20-24(31)29(25(33)34-20)15-17-6-3-2-4-7-17/h2-12,14,26H,13,15H2,1H3/b20-12-. The number of hydrogen-bond donors (Lipinski definition) is 1. The smallest absolute Gasteiger partial charge is 0.267 e. The summed E-state index contributed by atoms with van der Waals surface area (Å²) in [5, 5.41) is 3.18. The predicted octanol–water partition coefficient (Wildman–Crippen LogP) is 4.61. The number of benzene rings is 1. The molecule has 7 nitrogen and oxygen atoms in total. The summed E-state index contributed by atoms with van der Waals surface area (Å²) in [5.41, 5.74) is 2.42. The lowest BCUT2D eigenvalue weighted by molar-refractivity contribution is -0.122. The van der Waals surface area contributed by atoms with Crippen LogP contribution in [0.15, 0.2) is 81.2 Å². The number of carbonyl (C=O) groups excluding carboxylic acids is 1. The van der Waals surface area contributed by atoms with Crippen LogP contribution in [0.3, 0.4) is 0 Å². The number of thiocarbonyl (C=S) groups is 1. The molecule has 0 spiro atoms. The third kappa shape index (κ3) is 4.40. The second-order valence-electron chi connectivity index (χ2n) is 7.80. The number of anilines is 1. The number of aryl methyl sites for hydroxylation is 1. The van der Waals surface area contributed by atoms with Crippen LogP contribution in [0, 0.1) is 6.92 Å². The number of fused-ring (bicyclic) bond motifs is 1. The molecule has 0 aliphatic carbocycles. The molecule has 34 heavy (non-hydrogen) atoms. The SMILES string of the molecule is Cc1ccc2nc(NCc3ccco3)c(/C=C3\SC(=S)N(Cc4ccccc4)C3=O)c(=O)n2c1. The molecule has 1 aromatic carbocycles. The Labute approximate surface area is 205 Å². The van der Waals surface area contributed by atoms with Crippen LogP contribution in [0.2, 0.25) is 0 Å². The van der Waals surface area contributed by atoms with E-state index < -0.39 is 0 Å². The first-order chi connectivity index (χ1) is 16.5. The minimum absolute atomic E-state index is 0.232. The highest BCUT2D eigenvalue weighted by Gasteiger charge is 2.32. The molecule has 1 aliphatic rings. The Hall–Kier alpha value is -3.69. The van der Waals surface area contributed by atoms with E-state index in [-0.39, 0.29) is 17.0 Å². The van der Waals surface area contributed by atoms with Crippen molar-refractivity contribution in [1.82, 2.24) is 14.3 Å². The van der Waals surface area contributed by atoms with Gasteiger partial charge in [-0.15, -0.1) is 0 Å². The van der Waals surface area contributed by atoms with Crippen molar-refractivity contribution in [2.24, 2.45) is 0 Å². The van der Waals surface area contributed by atoms with Crippen LogP contribution in [-0.2, 0) is 17.9 Å². The molecule has 0 unspecified atom stereocenters. The van der Waals surface area contributed by atoms with E-state index in [0.29, 0.717) is 39.5 Å². The fourth-order valence-corrected chi connectivity index (χ4v) is 4.88. The Kier molecular flexibility index (Phi) is 6.04. The molecule has 4 aromatic rings. The largest absolute Gasteiger partial charge is 0.467 e. The van der Waals surface area contributed by atoms with Crippen LogP contribution in [0.4, 0.5) is 5.82 Å².